The molecule has 1 aliphatic rings. The van der Waals surface area contributed by atoms with Gasteiger partial charge in [-0.3, -0.25) is 4.98 Å². The number of hydrogen-bond acceptors (Lipinski definition) is 5. The predicted molar refractivity (Wildman–Crippen MR) is 75.0 cm³/mol. The summed E-state index contributed by atoms with van der Waals surface area (Å²) in [7, 11) is -2.96. The van der Waals surface area contributed by atoms with Crippen LogP contribution in [0.4, 0.5) is 10.5 Å². The Labute approximate surface area is 121 Å². The van der Waals surface area contributed by atoms with Crippen molar-refractivity contribution in [1.82, 2.24) is 10.3 Å². The van der Waals surface area contributed by atoms with Gasteiger partial charge in [0.05, 0.1) is 29.0 Å². The monoisotopic (exact) mass is 313 g/mol. The minimum Gasteiger partial charge on any atom is -0.478 e. The lowest BCUT2D eigenvalue weighted by Gasteiger charge is -2.11. The van der Waals surface area contributed by atoms with Crippen molar-refractivity contribution in [3.63, 3.8) is 0 Å². The molecular weight excluding hydrogens is 298 g/mol. The van der Waals surface area contributed by atoms with Crippen molar-refractivity contribution in [2.45, 2.75) is 6.42 Å². The minimum atomic E-state index is -2.96. The van der Waals surface area contributed by atoms with E-state index in [9.17, 15) is 18.0 Å². The molecule has 114 valence electrons. The number of nitrogens with zero attached hydrogens (tertiary/aromatic N) is 1. The Balaban J connectivity index is 1.85. The highest BCUT2D eigenvalue weighted by Gasteiger charge is 2.27. The molecule has 8 nitrogen and oxygen atoms in total. The topological polar surface area (TPSA) is 125 Å². The molecule has 0 aliphatic carbocycles. The molecular formula is C12H15N3O5S. The van der Waals surface area contributed by atoms with Crippen LogP contribution in [0.15, 0.2) is 18.5 Å². The molecule has 1 unspecified atom stereocenters. The van der Waals surface area contributed by atoms with Crippen LogP contribution in [0, 0.1) is 5.92 Å². The van der Waals surface area contributed by atoms with Gasteiger partial charge in [0.15, 0.2) is 9.84 Å². The number of hydrogen-bond donors (Lipinski definition) is 3. The van der Waals surface area contributed by atoms with E-state index in [4.69, 9.17) is 5.11 Å². The summed E-state index contributed by atoms with van der Waals surface area (Å²) in [4.78, 5) is 26.2. The van der Waals surface area contributed by atoms with Crippen LogP contribution < -0.4 is 10.6 Å². The molecule has 2 amide bonds. The van der Waals surface area contributed by atoms with Gasteiger partial charge in [-0.25, -0.2) is 18.0 Å². The maximum Gasteiger partial charge on any atom is 0.337 e. The number of carboxylic acid groups (broad SMARTS) is 1. The Hall–Kier alpha value is -2.16. The molecule has 2 rings (SSSR count). The minimum absolute atomic E-state index is 0.0327. The van der Waals surface area contributed by atoms with Crippen molar-refractivity contribution >= 4 is 27.5 Å². The zero-order valence-electron chi connectivity index (χ0n) is 11.1. The number of aromatic carboxylic acids is 1. The number of carboxylic acids is 1. The smallest absolute Gasteiger partial charge is 0.337 e. The SMILES string of the molecule is O=C(NCC1CCS(=O)(=O)C1)Nc1cncc(C(=O)O)c1. The maximum atomic E-state index is 11.7. The van der Waals surface area contributed by atoms with Gasteiger partial charge in [0, 0.05) is 12.7 Å². The number of rotatable bonds is 4. The average molecular weight is 313 g/mol. The number of sulfone groups is 1. The van der Waals surface area contributed by atoms with Gasteiger partial charge in [-0.05, 0) is 18.4 Å². The lowest BCUT2D eigenvalue weighted by Crippen LogP contribution is -2.33. The van der Waals surface area contributed by atoms with Crippen molar-refractivity contribution in [3.8, 4) is 0 Å². The number of aromatic nitrogens is 1. The second kappa shape index (κ2) is 6.08. The van der Waals surface area contributed by atoms with Gasteiger partial charge in [-0.2, -0.15) is 0 Å². The third kappa shape index (κ3) is 4.42. The van der Waals surface area contributed by atoms with Crippen LogP contribution in [-0.2, 0) is 9.84 Å². The Morgan fingerprint density at radius 2 is 2.14 bits per heavy atom. The summed E-state index contributed by atoms with van der Waals surface area (Å²) in [5, 5.41) is 13.8. The van der Waals surface area contributed by atoms with E-state index in [0.717, 1.165) is 0 Å². The third-order valence-electron chi connectivity index (χ3n) is 3.12. The van der Waals surface area contributed by atoms with Gasteiger partial charge in [0.2, 0.25) is 0 Å². The molecule has 0 radical (unpaired) electrons. The summed E-state index contributed by atoms with van der Waals surface area (Å²) in [5.74, 6) is -0.971. The van der Waals surface area contributed by atoms with Gasteiger partial charge >= 0.3 is 12.0 Å². The van der Waals surface area contributed by atoms with E-state index in [2.05, 4.69) is 15.6 Å². The lowest BCUT2D eigenvalue weighted by atomic mass is 10.1. The molecule has 1 atom stereocenters. The number of carbonyl (C=O) groups is 2. The van der Waals surface area contributed by atoms with Gasteiger partial charge in [-0.1, -0.05) is 0 Å². The largest absolute Gasteiger partial charge is 0.478 e. The molecule has 0 bridgehead atoms. The van der Waals surface area contributed by atoms with Crippen LogP contribution in [0.2, 0.25) is 0 Å². The first-order valence-corrected chi connectivity index (χ1v) is 8.11. The molecule has 1 aromatic heterocycles. The molecule has 21 heavy (non-hydrogen) atoms. The second-order valence-electron chi connectivity index (χ2n) is 4.87. The fraction of sp³-hybridized carbons (Fsp3) is 0.417. The highest BCUT2D eigenvalue weighted by Crippen LogP contribution is 2.17. The van der Waals surface area contributed by atoms with E-state index in [1.54, 1.807) is 0 Å². The van der Waals surface area contributed by atoms with Crippen LogP contribution >= 0.6 is 0 Å². The fourth-order valence-electron chi connectivity index (χ4n) is 2.07. The quantitative estimate of drug-likeness (QED) is 0.736. The summed E-state index contributed by atoms with van der Waals surface area (Å²) >= 11 is 0. The number of nitrogens with one attached hydrogen (secondary N) is 2. The standard InChI is InChI=1S/C12H15N3O5S/c16-11(17)9-3-10(6-13-5-9)15-12(18)14-4-8-1-2-21(19,20)7-8/h3,5-6,8H,1-2,4,7H2,(H,16,17)(H2,14,15,18). The van der Waals surface area contributed by atoms with Gasteiger partial charge in [-0.15, -0.1) is 0 Å². The zero-order valence-corrected chi connectivity index (χ0v) is 11.9. The van der Waals surface area contributed by atoms with E-state index >= 15 is 0 Å². The molecule has 1 fully saturated rings. The van der Waals surface area contributed by atoms with E-state index in [1.165, 1.54) is 18.5 Å². The van der Waals surface area contributed by atoms with Crippen molar-refractivity contribution in [2.24, 2.45) is 5.92 Å². The van der Waals surface area contributed by atoms with Crippen LogP contribution in [0.1, 0.15) is 16.8 Å². The van der Waals surface area contributed by atoms with Crippen LogP contribution in [-0.4, -0.2) is 48.6 Å². The highest BCUT2D eigenvalue weighted by molar-refractivity contribution is 7.91. The Morgan fingerprint density at radius 3 is 2.76 bits per heavy atom. The lowest BCUT2D eigenvalue weighted by molar-refractivity contribution is 0.0696. The van der Waals surface area contributed by atoms with Crippen molar-refractivity contribution in [2.75, 3.05) is 23.4 Å². The number of urea groups is 1. The summed E-state index contributed by atoms with van der Waals surface area (Å²) in [6.45, 7) is 0.261. The predicted octanol–water partition coefficient (Wildman–Crippen LogP) is 0.336. The molecule has 0 saturated carbocycles. The molecule has 0 spiro atoms. The third-order valence-corrected chi connectivity index (χ3v) is 4.96. The van der Waals surface area contributed by atoms with Crippen molar-refractivity contribution in [3.05, 3.63) is 24.0 Å². The summed E-state index contributed by atoms with van der Waals surface area (Å²) in [5.41, 5.74) is 0.223. The number of carbonyl (C=O) groups excluding carboxylic acids is 1. The molecule has 0 aromatic carbocycles. The van der Waals surface area contributed by atoms with E-state index in [1.807, 2.05) is 0 Å². The molecule has 2 heterocycles. The number of anilines is 1. The first-order valence-electron chi connectivity index (χ1n) is 6.29. The molecule has 9 heteroatoms. The maximum absolute atomic E-state index is 11.7. The van der Waals surface area contributed by atoms with Crippen LogP contribution in [0.5, 0.6) is 0 Å². The summed E-state index contributed by atoms with van der Waals surface area (Å²) in [6.07, 6.45) is 3.04. The van der Waals surface area contributed by atoms with E-state index < -0.39 is 21.8 Å². The molecule has 3 N–H and O–H groups in total. The summed E-state index contributed by atoms with van der Waals surface area (Å²) < 4.78 is 22.6. The van der Waals surface area contributed by atoms with Gasteiger partial charge in [0.25, 0.3) is 0 Å². The highest BCUT2D eigenvalue weighted by atomic mass is 32.2. The summed E-state index contributed by atoms with van der Waals surface area (Å²) in [6, 6.07) is 0.762. The fourth-order valence-corrected chi connectivity index (χ4v) is 3.93. The first-order chi connectivity index (χ1) is 9.85. The van der Waals surface area contributed by atoms with E-state index in [0.29, 0.717) is 6.42 Å². The molecule has 1 aliphatic heterocycles. The second-order valence-corrected chi connectivity index (χ2v) is 7.10. The Morgan fingerprint density at radius 1 is 1.38 bits per heavy atom. The zero-order chi connectivity index (χ0) is 15.5. The number of pyridine rings is 1. The Kier molecular flexibility index (Phi) is 4.41. The number of amides is 2. The van der Waals surface area contributed by atoms with Crippen molar-refractivity contribution in [1.29, 1.82) is 0 Å². The Bertz CT molecular complexity index is 659. The van der Waals surface area contributed by atoms with Crippen LogP contribution in [0.3, 0.4) is 0 Å². The molecule has 1 aromatic rings. The van der Waals surface area contributed by atoms with Crippen molar-refractivity contribution < 1.29 is 23.1 Å². The first kappa shape index (κ1) is 15.2. The van der Waals surface area contributed by atoms with Gasteiger partial charge in [0.1, 0.15) is 0 Å². The van der Waals surface area contributed by atoms with E-state index in [-0.39, 0.29) is 35.2 Å². The molecule has 1 saturated heterocycles. The normalized spacial score (nSPS) is 19.9. The van der Waals surface area contributed by atoms with Gasteiger partial charge < -0.3 is 15.7 Å². The van der Waals surface area contributed by atoms with Crippen LogP contribution in [0.25, 0.3) is 0 Å². The average Bonchev–Trinajstić information content (AvgIpc) is 2.76.